The molecule has 0 bridgehead atoms. The van der Waals surface area contributed by atoms with Gasteiger partial charge in [0.15, 0.2) is 0 Å². The summed E-state index contributed by atoms with van der Waals surface area (Å²) in [6.07, 6.45) is 1.71. The first-order valence-corrected chi connectivity index (χ1v) is 5.93. The molecule has 2 rings (SSSR count). The molecule has 4 nitrogen and oxygen atoms in total. The zero-order chi connectivity index (χ0) is 11.7. The average Bonchev–Trinajstić information content (AvgIpc) is 2.74. The van der Waals surface area contributed by atoms with E-state index in [2.05, 4.69) is 26.2 Å². The highest BCUT2D eigenvalue weighted by molar-refractivity contribution is 9.10. The van der Waals surface area contributed by atoms with Gasteiger partial charge in [-0.15, -0.1) is 5.10 Å². The molecule has 0 spiro atoms. The lowest BCUT2D eigenvalue weighted by Gasteiger charge is -2.05. The third kappa shape index (κ3) is 2.08. The van der Waals surface area contributed by atoms with E-state index in [0.717, 1.165) is 4.47 Å². The van der Waals surface area contributed by atoms with Crippen LogP contribution in [0.4, 0.5) is 0 Å². The highest BCUT2D eigenvalue weighted by Crippen LogP contribution is 2.34. The van der Waals surface area contributed by atoms with Gasteiger partial charge in [0.25, 0.3) is 0 Å². The molecule has 0 aliphatic rings. The summed E-state index contributed by atoms with van der Waals surface area (Å²) in [5.41, 5.74) is 6.81. The van der Waals surface area contributed by atoms with E-state index in [1.54, 1.807) is 23.0 Å². The molecule has 1 aromatic heterocycles. The quantitative estimate of drug-likeness (QED) is 0.865. The van der Waals surface area contributed by atoms with Crippen LogP contribution in [0.25, 0.3) is 5.69 Å². The summed E-state index contributed by atoms with van der Waals surface area (Å²) >= 11 is 15.4. The van der Waals surface area contributed by atoms with E-state index in [9.17, 15) is 0 Å². The van der Waals surface area contributed by atoms with Gasteiger partial charge >= 0.3 is 0 Å². The molecule has 0 aliphatic heterocycles. The molecular formula is C9H7BrCl2N4. The number of hydrogen-bond donors (Lipinski definition) is 1. The zero-order valence-corrected chi connectivity index (χ0v) is 11.1. The van der Waals surface area contributed by atoms with Crippen LogP contribution in [0.2, 0.25) is 10.0 Å². The van der Waals surface area contributed by atoms with Crippen molar-refractivity contribution in [3.63, 3.8) is 0 Å². The van der Waals surface area contributed by atoms with Crippen LogP contribution in [-0.4, -0.2) is 15.0 Å². The van der Waals surface area contributed by atoms with Crippen LogP contribution in [0.1, 0.15) is 5.69 Å². The van der Waals surface area contributed by atoms with Crippen molar-refractivity contribution in [1.82, 2.24) is 15.0 Å². The average molecular weight is 322 g/mol. The Morgan fingerprint density at radius 2 is 2.06 bits per heavy atom. The molecule has 0 radical (unpaired) electrons. The summed E-state index contributed by atoms with van der Waals surface area (Å²) in [4.78, 5) is 0. The minimum absolute atomic E-state index is 0.335. The van der Waals surface area contributed by atoms with Gasteiger partial charge in [0, 0.05) is 11.0 Å². The van der Waals surface area contributed by atoms with Gasteiger partial charge in [0.05, 0.1) is 27.6 Å². The number of halogens is 3. The minimum Gasteiger partial charge on any atom is -0.325 e. The summed E-state index contributed by atoms with van der Waals surface area (Å²) < 4.78 is 2.28. The van der Waals surface area contributed by atoms with Crippen LogP contribution in [0.3, 0.4) is 0 Å². The van der Waals surface area contributed by atoms with E-state index in [4.69, 9.17) is 28.9 Å². The predicted molar refractivity (Wildman–Crippen MR) is 67.0 cm³/mol. The van der Waals surface area contributed by atoms with Crippen LogP contribution < -0.4 is 5.73 Å². The highest BCUT2D eigenvalue weighted by atomic mass is 79.9. The molecular weight excluding hydrogens is 315 g/mol. The Morgan fingerprint density at radius 1 is 1.31 bits per heavy atom. The summed E-state index contributed by atoms with van der Waals surface area (Å²) in [5, 5.41) is 8.66. The third-order valence-electron chi connectivity index (χ3n) is 2.01. The fourth-order valence-electron chi connectivity index (χ4n) is 1.20. The Kier molecular flexibility index (Phi) is 3.49. The highest BCUT2D eigenvalue weighted by Gasteiger charge is 2.11. The monoisotopic (exact) mass is 320 g/mol. The maximum absolute atomic E-state index is 6.10. The van der Waals surface area contributed by atoms with Gasteiger partial charge in [0.1, 0.15) is 0 Å². The molecule has 1 aromatic carbocycles. The van der Waals surface area contributed by atoms with Crippen LogP contribution in [0.5, 0.6) is 0 Å². The van der Waals surface area contributed by atoms with Crippen LogP contribution >= 0.6 is 39.1 Å². The lowest BCUT2D eigenvalue weighted by Crippen LogP contribution is -1.97. The van der Waals surface area contributed by atoms with E-state index in [1.807, 2.05) is 0 Å². The van der Waals surface area contributed by atoms with Gasteiger partial charge in [0.2, 0.25) is 0 Å². The summed E-state index contributed by atoms with van der Waals surface area (Å²) in [5.74, 6) is 0. The van der Waals surface area contributed by atoms with Crippen LogP contribution in [0, 0.1) is 0 Å². The molecule has 2 N–H and O–H groups in total. The Bertz CT molecular complexity index is 526. The number of rotatable bonds is 2. The summed E-state index contributed by atoms with van der Waals surface area (Å²) in [6.45, 7) is 0.335. The molecule has 2 aromatic rings. The van der Waals surface area contributed by atoms with Crippen LogP contribution in [0.15, 0.2) is 22.8 Å². The molecule has 0 saturated carbocycles. The van der Waals surface area contributed by atoms with E-state index >= 15 is 0 Å². The van der Waals surface area contributed by atoms with Crippen molar-refractivity contribution in [2.24, 2.45) is 5.73 Å². The lowest BCUT2D eigenvalue weighted by molar-refractivity contribution is 0.796. The number of hydrogen-bond acceptors (Lipinski definition) is 3. The van der Waals surface area contributed by atoms with E-state index in [1.165, 1.54) is 0 Å². The Balaban J connectivity index is 2.52. The molecule has 7 heteroatoms. The normalized spacial score (nSPS) is 10.8. The molecule has 84 valence electrons. The second kappa shape index (κ2) is 4.71. The molecule has 0 amide bonds. The van der Waals surface area contributed by atoms with Crippen molar-refractivity contribution >= 4 is 39.1 Å². The lowest BCUT2D eigenvalue weighted by atomic mass is 10.3. The van der Waals surface area contributed by atoms with Gasteiger partial charge in [-0.3, -0.25) is 0 Å². The van der Waals surface area contributed by atoms with Gasteiger partial charge < -0.3 is 5.73 Å². The molecule has 0 aliphatic carbocycles. The molecule has 0 atom stereocenters. The van der Waals surface area contributed by atoms with Gasteiger partial charge in [-0.1, -0.05) is 28.4 Å². The maximum atomic E-state index is 6.10. The molecule has 1 heterocycles. The van der Waals surface area contributed by atoms with Crippen LogP contribution in [-0.2, 0) is 6.54 Å². The van der Waals surface area contributed by atoms with Gasteiger partial charge in [-0.25, -0.2) is 4.68 Å². The van der Waals surface area contributed by atoms with E-state index < -0.39 is 0 Å². The second-order valence-electron chi connectivity index (χ2n) is 3.05. The Hall–Kier alpha value is -0.620. The molecule has 16 heavy (non-hydrogen) atoms. The summed E-state index contributed by atoms with van der Waals surface area (Å²) in [6, 6.07) is 3.60. The minimum atomic E-state index is 0.335. The van der Waals surface area contributed by atoms with E-state index in [0.29, 0.717) is 28.0 Å². The molecule has 0 unspecified atom stereocenters. The van der Waals surface area contributed by atoms with Gasteiger partial charge in [-0.2, -0.15) is 0 Å². The predicted octanol–water partition coefficient (Wildman–Crippen LogP) is 2.80. The zero-order valence-electron chi connectivity index (χ0n) is 7.99. The number of benzene rings is 1. The van der Waals surface area contributed by atoms with Crippen molar-refractivity contribution in [3.05, 3.63) is 38.5 Å². The van der Waals surface area contributed by atoms with Crippen molar-refractivity contribution in [2.45, 2.75) is 6.54 Å². The number of nitrogens with two attached hydrogens (primary N) is 1. The second-order valence-corrected chi connectivity index (χ2v) is 4.66. The van der Waals surface area contributed by atoms with Crippen molar-refractivity contribution in [2.75, 3.05) is 0 Å². The topological polar surface area (TPSA) is 56.7 Å². The van der Waals surface area contributed by atoms with Crippen molar-refractivity contribution < 1.29 is 0 Å². The summed E-state index contributed by atoms with van der Waals surface area (Å²) in [7, 11) is 0. The smallest absolute Gasteiger partial charge is 0.0967 e. The number of nitrogens with zero attached hydrogens (tertiary/aromatic N) is 3. The first kappa shape index (κ1) is 11.9. The fourth-order valence-corrected chi connectivity index (χ4v) is 2.06. The Morgan fingerprint density at radius 3 is 2.69 bits per heavy atom. The first-order valence-electron chi connectivity index (χ1n) is 4.38. The largest absolute Gasteiger partial charge is 0.325 e. The molecule has 0 fully saturated rings. The van der Waals surface area contributed by atoms with Crippen molar-refractivity contribution in [3.8, 4) is 5.69 Å². The third-order valence-corrected chi connectivity index (χ3v) is 3.77. The SMILES string of the molecule is NCc1cn(-c2ccc(Br)c(Cl)c2Cl)nn1. The first-order chi connectivity index (χ1) is 7.63. The maximum Gasteiger partial charge on any atom is 0.0967 e. The number of aromatic nitrogens is 3. The van der Waals surface area contributed by atoms with E-state index in [-0.39, 0.29) is 0 Å². The Labute approximate surface area is 110 Å². The van der Waals surface area contributed by atoms with Crippen molar-refractivity contribution in [1.29, 1.82) is 0 Å². The fraction of sp³-hybridized carbons (Fsp3) is 0.111. The van der Waals surface area contributed by atoms with Gasteiger partial charge in [-0.05, 0) is 28.1 Å². The molecule has 0 saturated heterocycles. The standard InChI is InChI=1S/C9H7BrCl2N4/c10-6-1-2-7(9(12)8(6)11)16-4-5(3-13)14-15-16/h1-2,4H,3,13H2.